The molecule has 6 heteroatoms. The minimum Gasteiger partial charge on any atom is -0.334 e. The molecule has 0 unspecified atom stereocenters. The zero-order valence-corrected chi connectivity index (χ0v) is 16.3. The molecule has 29 heavy (non-hydrogen) atoms. The Morgan fingerprint density at radius 3 is 2.28 bits per heavy atom. The number of amides is 3. The number of nitrogens with zero attached hydrogens (tertiary/aromatic N) is 1. The molecule has 148 valence electrons. The molecule has 0 aliphatic heterocycles. The van der Waals surface area contributed by atoms with Crippen LogP contribution in [0.3, 0.4) is 0 Å². The molecule has 3 aromatic rings. The van der Waals surface area contributed by atoms with Gasteiger partial charge in [-0.25, -0.2) is 4.79 Å². The van der Waals surface area contributed by atoms with Crippen molar-refractivity contribution in [1.29, 1.82) is 0 Å². The van der Waals surface area contributed by atoms with Crippen LogP contribution in [-0.4, -0.2) is 23.0 Å². The summed E-state index contributed by atoms with van der Waals surface area (Å²) in [5, 5.41) is 8.43. The molecular weight excluding hydrogens is 364 g/mol. The minimum atomic E-state index is -0.719. The van der Waals surface area contributed by atoms with Crippen LogP contribution in [0, 0.1) is 6.92 Å². The molecule has 2 aromatic carbocycles. The van der Waals surface area contributed by atoms with Gasteiger partial charge in [0, 0.05) is 31.0 Å². The minimum absolute atomic E-state index is 0.287. The lowest BCUT2D eigenvalue weighted by Crippen LogP contribution is -2.49. The van der Waals surface area contributed by atoms with Crippen molar-refractivity contribution in [2.45, 2.75) is 25.9 Å². The molecule has 0 saturated heterocycles. The number of anilines is 1. The van der Waals surface area contributed by atoms with E-state index in [0.29, 0.717) is 18.7 Å². The number of nitrogens with one attached hydrogen (secondary N) is 3. The van der Waals surface area contributed by atoms with Crippen molar-refractivity contribution < 1.29 is 9.59 Å². The standard InChI is InChI=1S/C23H24N4O2/c1-17-7-9-19(10-8-17)16-25-23(29)27-21(15-18-5-3-2-4-6-18)22(28)26-20-11-13-24-14-12-20/h2-14,21H,15-16H2,1H3,(H,24,26,28)(H2,25,27,29)/t21-/m0/s1. The van der Waals surface area contributed by atoms with Crippen LogP contribution >= 0.6 is 0 Å². The van der Waals surface area contributed by atoms with E-state index in [2.05, 4.69) is 20.9 Å². The van der Waals surface area contributed by atoms with E-state index < -0.39 is 12.1 Å². The van der Waals surface area contributed by atoms with Crippen molar-refractivity contribution in [1.82, 2.24) is 15.6 Å². The van der Waals surface area contributed by atoms with Crippen LogP contribution in [0.15, 0.2) is 79.1 Å². The third kappa shape index (κ3) is 6.46. The highest BCUT2D eigenvalue weighted by atomic mass is 16.2. The number of pyridine rings is 1. The monoisotopic (exact) mass is 388 g/mol. The summed E-state index contributed by atoms with van der Waals surface area (Å²) in [6.07, 6.45) is 3.59. The second-order valence-electron chi connectivity index (χ2n) is 6.78. The van der Waals surface area contributed by atoms with Gasteiger partial charge in [-0.05, 0) is 30.2 Å². The fourth-order valence-corrected chi connectivity index (χ4v) is 2.82. The normalized spacial score (nSPS) is 11.3. The maximum absolute atomic E-state index is 12.8. The number of carbonyl (C=O) groups excluding carboxylic acids is 2. The van der Waals surface area contributed by atoms with Gasteiger partial charge >= 0.3 is 6.03 Å². The Kier molecular flexibility index (Phi) is 6.95. The lowest BCUT2D eigenvalue weighted by atomic mass is 10.1. The first kappa shape index (κ1) is 20.1. The molecule has 0 aliphatic carbocycles. The summed E-state index contributed by atoms with van der Waals surface area (Å²) in [6.45, 7) is 2.40. The molecule has 0 fully saturated rings. The van der Waals surface area contributed by atoms with E-state index in [1.54, 1.807) is 24.5 Å². The predicted molar refractivity (Wildman–Crippen MR) is 113 cm³/mol. The number of urea groups is 1. The fourth-order valence-electron chi connectivity index (χ4n) is 2.82. The summed E-state index contributed by atoms with van der Waals surface area (Å²) in [5.74, 6) is -0.287. The Labute approximate surface area is 170 Å². The first-order valence-electron chi connectivity index (χ1n) is 9.45. The summed E-state index contributed by atoms with van der Waals surface area (Å²) in [4.78, 5) is 29.2. The first-order chi connectivity index (χ1) is 14.1. The largest absolute Gasteiger partial charge is 0.334 e. The molecule has 3 amide bonds. The number of aromatic nitrogens is 1. The van der Waals surface area contributed by atoms with Crippen molar-refractivity contribution in [2.75, 3.05) is 5.32 Å². The van der Waals surface area contributed by atoms with Gasteiger partial charge in [0.25, 0.3) is 0 Å². The van der Waals surface area contributed by atoms with E-state index in [9.17, 15) is 9.59 Å². The highest BCUT2D eigenvalue weighted by Crippen LogP contribution is 2.08. The van der Waals surface area contributed by atoms with Crippen molar-refractivity contribution >= 4 is 17.6 Å². The fraction of sp³-hybridized carbons (Fsp3) is 0.174. The molecule has 0 aliphatic rings. The van der Waals surface area contributed by atoms with Gasteiger partial charge in [0.2, 0.25) is 5.91 Å². The van der Waals surface area contributed by atoms with Crippen LogP contribution < -0.4 is 16.0 Å². The maximum atomic E-state index is 12.8. The van der Waals surface area contributed by atoms with Crippen LogP contribution in [0.2, 0.25) is 0 Å². The van der Waals surface area contributed by atoms with E-state index in [4.69, 9.17) is 0 Å². The summed E-state index contributed by atoms with van der Waals surface area (Å²) in [5.41, 5.74) is 3.74. The van der Waals surface area contributed by atoms with E-state index in [0.717, 1.165) is 16.7 Å². The van der Waals surface area contributed by atoms with Crippen LogP contribution in [0.25, 0.3) is 0 Å². The van der Waals surface area contributed by atoms with Crippen molar-refractivity contribution in [3.8, 4) is 0 Å². The number of aryl methyl sites for hydroxylation is 1. The Bertz CT molecular complexity index is 928. The van der Waals surface area contributed by atoms with Crippen molar-refractivity contribution in [3.63, 3.8) is 0 Å². The van der Waals surface area contributed by atoms with Gasteiger partial charge in [-0.1, -0.05) is 60.2 Å². The lowest BCUT2D eigenvalue weighted by Gasteiger charge is -2.19. The van der Waals surface area contributed by atoms with Crippen molar-refractivity contribution in [3.05, 3.63) is 95.8 Å². The second kappa shape index (κ2) is 10.0. The summed E-state index contributed by atoms with van der Waals surface area (Å²) >= 11 is 0. The van der Waals surface area contributed by atoms with Gasteiger partial charge in [-0.15, -0.1) is 0 Å². The summed E-state index contributed by atoms with van der Waals surface area (Å²) in [7, 11) is 0. The molecule has 1 aromatic heterocycles. The third-order valence-electron chi connectivity index (χ3n) is 4.43. The number of hydrogen-bond donors (Lipinski definition) is 3. The van der Waals surface area contributed by atoms with Crippen LogP contribution in [0.1, 0.15) is 16.7 Å². The van der Waals surface area contributed by atoms with Gasteiger partial charge in [-0.2, -0.15) is 0 Å². The molecule has 0 saturated carbocycles. The zero-order valence-electron chi connectivity index (χ0n) is 16.3. The lowest BCUT2D eigenvalue weighted by molar-refractivity contribution is -0.117. The Morgan fingerprint density at radius 2 is 1.59 bits per heavy atom. The van der Waals surface area contributed by atoms with Gasteiger partial charge in [0.05, 0.1) is 0 Å². The number of carbonyl (C=O) groups is 2. The number of hydrogen-bond acceptors (Lipinski definition) is 3. The van der Waals surface area contributed by atoms with E-state index in [1.165, 1.54) is 0 Å². The number of benzene rings is 2. The highest BCUT2D eigenvalue weighted by Gasteiger charge is 2.21. The molecule has 6 nitrogen and oxygen atoms in total. The van der Waals surface area contributed by atoms with E-state index >= 15 is 0 Å². The summed E-state index contributed by atoms with van der Waals surface area (Å²) < 4.78 is 0. The SMILES string of the molecule is Cc1ccc(CNC(=O)N[C@@H](Cc2ccccc2)C(=O)Nc2ccncc2)cc1. The Morgan fingerprint density at radius 1 is 0.897 bits per heavy atom. The Hall–Kier alpha value is -3.67. The molecular formula is C23H24N4O2. The molecule has 0 radical (unpaired) electrons. The molecule has 0 bridgehead atoms. The van der Waals surface area contributed by atoms with Gasteiger partial charge in [-0.3, -0.25) is 9.78 Å². The average Bonchev–Trinajstić information content (AvgIpc) is 2.74. The predicted octanol–water partition coefficient (Wildman–Crippen LogP) is 3.44. The quantitative estimate of drug-likeness (QED) is 0.580. The molecule has 0 spiro atoms. The topological polar surface area (TPSA) is 83.1 Å². The van der Waals surface area contributed by atoms with E-state index in [-0.39, 0.29) is 5.91 Å². The van der Waals surface area contributed by atoms with Crippen molar-refractivity contribution in [2.24, 2.45) is 0 Å². The number of rotatable bonds is 7. The van der Waals surface area contributed by atoms with Crippen LogP contribution in [0.5, 0.6) is 0 Å². The third-order valence-corrected chi connectivity index (χ3v) is 4.43. The summed E-state index contributed by atoms with van der Waals surface area (Å²) in [6, 6.07) is 19.8. The molecule has 3 N–H and O–H groups in total. The van der Waals surface area contributed by atoms with E-state index in [1.807, 2.05) is 61.5 Å². The van der Waals surface area contributed by atoms with Crippen LogP contribution in [0.4, 0.5) is 10.5 Å². The molecule has 1 heterocycles. The van der Waals surface area contributed by atoms with Crippen LogP contribution in [-0.2, 0) is 17.8 Å². The maximum Gasteiger partial charge on any atom is 0.315 e. The van der Waals surface area contributed by atoms with Gasteiger partial charge in [0.15, 0.2) is 0 Å². The molecule has 1 atom stereocenters. The first-order valence-corrected chi connectivity index (χ1v) is 9.45. The average molecular weight is 388 g/mol. The smallest absolute Gasteiger partial charge is 0.315 e. The highest BCUT2D eigenvalue weighted by molar-refractivity contribution is 5.97. The second-order valence-corrected chi connectivity index (χ2v) is 6.78. The Balaban J connectivity index is 1.64. The van der Waals surface area contributed by atoms with Gasteiger partial charge < -0.3 is 16.0 Å². The zero-order chi connectivity index (χ0) is 20.5. The molecule has 3 rings (SSSR count). The van der Waals surface area contributed by atoms with Gasteiger partial charge in [0.1, 0.15) is 6.04 Å².